The third-order valence-electron chi connectivity index (χ3n) is 7.24. The highest BCUT2D eigenvalue weighted by Gasteiger charge is 2.56. The van der Waals surface area contributed by atoms with Crippen LogP contribution in [0.3, 0.4) is 0 Å². The Morgan fingerprint density at radius 3 is 2.47 bits per heavy atom. The molecule has 230 valence electrons. The van der Waals surface area contributed by atoms with E-state index in [0.29, 0.717) is 15.5 Å². The predicted molar refractivity (Wildman–Crippen MR) is 158 cm³/mol. The summed E-state index contributed by atoms with van der Waals surface area (Å²) in [5.41, 5.74) is -0.984. The number of nitro groups is 1. The Morgan fingerprint density at radius 1 is 1.02 bits per heavy atom. The van der Waals surface area contributed by atoms with Gasteiger partial charge in [0.1, 0.15) is 11.0 Å². The molecule has 2 unspecified atom stereocenters. The summed E-state index contributed by atoms with van der Waals surface area (Å²) in [5, 5.41) is 12.8. The van der Waals surface area contributed by atoms with Crippen LogP contribution >= 0.6 is 23.1 Å². The van der Waals surface area contributed by atoms with Crippen LogP contribution in [0.2, 0.25) is 0 Å². The molecule has 2 aliphatic rings. The molecular formula is C29H19F3N4O7S2. The number of fused-ring (bicyclic) bond motifs is 2. The minimum absolute atomic E-state index is 0.162. The number of aromatic amines is 1. The topological polar surface area (TPSA) is 152 Å². The van der Waals surface area contributed by atoms with Crippen molar-refractivity contribution in [3.8, 4) is 5.75 Å². The number of hydrogen-bond acceptors (Lipinski definition) is 9. The van der Waals surface area contributed by atoms with E-state index in [1.807, 2.05) is 0 Å². The molecule has 0 spiro atoms. The third kappa shape index (κ3) is 5.69. The molecule has 11 nitrogen and oxygen atoms in total. The van der Waals surface area contributed by atoms with Crippen molar-refractivity contribution in [3.63, 3.8) is 0 Å². The van der Waals surface area contributed by atoms with Gasteiger partial charge in [0.05, 0.1) is 32.8 Å². The molecule has 3 amide bonds. The lowest BCUT2D eigenvalue weighted by Crippen LogP contribution is -2.32. The zero-order valence-corrected chi connectivity index (χ0v) is 24.2. The molecular weight excluding hydrogens is 637 g/mol. The van der Waals surface area contributed by atoms with Gasteiger partial charge in [0.25, 0.3) is 11.6 Å². The number of carbonyl (C=O) groups is 3. The molecule has 4 aromatic rings. The normalized spacial score (nSPS) is 19.2. The summed E-state index contributed by atoms with van der Waals surface area (Å²) in [7, 11) is 0. The van der Waals surface area contributed by atoms with Crippen molar-refractivity contribution in [2.24, 2.45) is 5.92 Å². The summed E-state index contributed by atoms with van der Waals surface area (Å²) in [4.78, 5) is 66.6. The number of non-ortho nitro benzene ring substituents is 1. The molecule has 0 saturated carbocycles. The number of nitro benzene ring substituents is 1. The lowest BCUT2D eigenvalue weighted by atomic mass is 9.83. The van der Waals surface area contributed by atoms with Crippen molar-refractivity contribution in [2.45, 2.75) is 22.4 Å². The van der Waals surface area contributed by atoms with Crippen LogP contribution in [0.4, 0.5) is 30.2 Å². The van der Waals surface area contributed by atoms with Crippen LogP contribution in [0.1, 0.15) is 21.9 Å². The second-order valence-corrected chi connectivity index (χ2v) is 12.2. The SMILES string of the molecule is O=C(COc1cccc([C@H]2c3sc(=O)[nH]c3SC3C(=O)N(c4ccc([N+](=O)[O-])cc4)C(=O)C32)c1)Nc1ccccc1C(F)(F)F. The smallest absolute Gasteiger partial charge is 0.418 e. The maximum Gasteiger partial charge on any atom is 0.418 e. The number of thiazole rings is 1. The molecule has 3 heterocycles. The number of para-hydroxylation sites is 1. The number of carbonyl (C=O) groups excluding carboxylic acids is 3. The Kier molecular flexibility index (Phi) is 7.70. The molecule has 1 fully saturated rings. The second-order valence-electron chi connectivity index (χ2n) is 9.99. The number of halogens is 3. The first-order valence-electron chi connectivity index (χ1n) is 13.1. The fourth-order valence-electron chi connectivity index (χ4n) is 5.33. The minimum Gasteiger partial charge on any atom is -0.484 e. The number of anilines is 2. The summed E-state index contributed by atoms with van der Waals surface area (Å²) >= 11 is 1.95. The Morgan fingerprint density at radius 2 is 1.76 bits per heavy atom. The van der Waals surface area contributed by atoms with Gasteiger partial charge < -0.3 is 15.0 Å². The van der Waals surface area contributed by atoms with Gasteiger partial charge in [-0.2, -0.15) is 13.2 Å². The van der Waals surface area contributed by atoms with E-state index in [4.69, 9.17) is 4.74 Å². The average molecular weight is 657 g/mol. The van der Waals surface area contributed by atoms with E-state index in [1.54, 1.807) is 12.1 Å². The van der Waals surface area contributed by atoms with Gasteiger partial charge in [-0.15, -0.1) is 0 Å². The van der Waals surface area contributed by atoms with Crippen molar-refractivity contribution in [1.82, 2.24) is 4.98 Å². The van der Waals surface area contributed by atoms with E-state index in [1.165, 1.54) is 48.5 Å². The lowest BCUT2D eigenvalue weighted by molar-refractivity contribution is -0.384. The van der Waals surface area contributed by atoms with Crippen LogP contribution < -0.4 is 19.8 Å². The molecule has 45 heavy (non-hydrogen) atoms. The summed E-state index contributed by atoms with van der Waals surface area (Å²) in [5.74, 6) is -3.51. The van der Waals surface area contributed by atoms with Gasteiger partial charge in [-0.25, -0.2) is 4.90 Å². The van der Waals surface area contributed by atoms with Crippen molar-refractivity contribution in [3.05, 3.63) is 109 Å². The van der Waals surface area contributed by atoms with Gasteiger partial charge in [0, 0.05) is 22.9 Å². The van der Waals surface area contributed by atoms with Crippen LogP contribution in [0, 0.1) is 16.0 Å². The highest BCUT2D eigenvalue weighted by molar-refractivity contribution is 8.00. The quantitative estimate of drug-likeness (QED) is 0.157. The van der Waals surface area contributed by atoms with Crippen molar-refractivity contribution in [1.29, 1.82) is 0 Å². The molecule has 0 bridgehead atoms. The van der Waals surface area contributed by atoms with E-state index in [2.05, 4.69) is 10.3 Å². The first-order chi connectivity index (χ1) is 21.4. The number of nitrogens with zero attached hydrogens (tertiary/aromatic N) is 2. The van der Waals surface area contributed by atoms with E-state index < -0.39 is 63.8 Å². The van der Waals surface area contributed by atoms with Gasteiger partial charge in [0.2, 0.25) is 11.8 Å². The number of thioether (sulfide) groups is 1. The van der Waals surface area contributed by atoms with Crippen LogP contribution in [0.5, 0.6) is 5.75 Å². The summed E-state index contributed by atoms with van der Waals surface area (Å²) in [6, 6.07) is 15.8. The van der Waals surface area contributed by atoms with E-state index in [-0.39, 0.29) is 22.0 Å². The maximum absolute atomic E-state index is 13.9. The monoisotopic (exact) mass is 656 g/mol. The standard InChI is InChI=1S/C29H19F3N4O7S2/c30-29(31,32)18-6-1-2-7-19(18)33-20(37)13-43-17-5-3-4-14(12-17)21-22-24(44-25-23(21)45-28(40)34-25)27(39)35(26(22)38)15-8-10-16(11-9-15)36(41)42/h1-12,21-22,24H,13H2,(H,33,37)(H,34,40)/t21-,22?,24?/m1/s1. The van der Waals surface area contributed by atoms with Crippen LogP contribution in [0.25, 0.3) is 0 Å². The summed E-state index contributed by atoms with van der Waals surface area (Å²) < 4.78 is 45.5. The molecule has 0 radical (unpaired) electrons. The Labute approximate surface area is 259 Å². The highest BCUT2D eigenvalue weighted by atomic mass is 32.2. The number of hydrogen-bond donors (Lipinski definition) is 2. The minimum atomic E-state index is -4.68. The second kappa shape index (κ2) is 11.5. The third-order valence-corrected chi connectivity index (χ3v) is 9.64. The Balaban J connectivity index is 1.27. The first kappa shape index (κ1) is 30.1. The van der Waals surface area contributed by atoms with Crippen molar-refractivity contribution < 1.29 is 37.2 Å². The van der Waals surface area contributed by atoms with E-state index in [0.717, 1.165) is 40.1 Å². The fourth-order valence-corrected chi connectivity index (χ4v) is 7.84. The number of ether oxygens (including phenoxy) is 1. The number of rotatable bonds is 7. The molecule has 0 aliphatic carbocycles. The van der Waals surface area contributed by atoms with Crippen LogP contribution in [0.15, 0.2) is 82.6 Å². The van der Waals surface area contributed by atoms with Gasteiger partial charge >= 0.3 is 11.0 Å². The maximum atomic E-state index is 13.9. The number of imide groups is 1. The molecule has 3 atom stereocenters. The number of aromatic nitrogens is 1. The van der Waals surface area contributed by atoms with Crippen LogP contribution in [-0.2, 0) is 20.6 Å². The van der Waals surface area contributed by atoms with E-state index >= 15 is 0 Å². The number of benzene rings is 3. The molecule has 6 rings (SSSR count). The van der Waals surface area contributed by atoms with Gasteiger partial charge in [-0.1, -0.05) is 47.4 Å². The van der Waals surface area contributed by atoms with Crippen LogP contribution in [-0.4, -0.2) is 39.5 Å². The highest BCUT2D eigenvalue weighted by Crippen LogP contribution is 2.53. The largest absolute Gasteiger partial charge is 0.484 e. The molecule has 16 heteroatoms. The number of amides is 3. The van der Waals surface area contributed by atoms with Crippen molar-refractivity contribution in [2.75, 3.05) is 16.8 Å². The Bertz CT molecular complexity index is 1910. The summed E-state index contributed by atoms with van der Waals surface area (Å²) in [6.45, 7) is -0.629. The molecule has 3 aromatic carbocycles. The molecule has 2 aliphatic heterocycles. The average Bonchev–Trinajstić information content (AvgIpc) is 3.49. The van der Waals surface area contributed by atoms with Crippen molar-refractivity contribution >= 4 is 57.9 Å². The zero-order valence-electron chi connectivity index (χ0n) is 22.6. The fraction of sp³-hybridized carbons (Fsp3) is 0.172. The lowest BCUT2D eigenvalue weighted by Gasteiger charge is -2.30. The molecule has 1 saturated heterocycles. The summed E-state index contributed by atoms with van der Waals surface area (Å²) in [6.07, 6.45) is -4.68. The first-order valence-corrected chi connectivity index (χ1v) is 14.8. The number of alkyl halides is 3. The number of nitrogens with one attached hydrogen (secondary N) is 2. The number of H-pyrrole nitrogens is 1. The van der Waals surface area contributed by atoms with Gasteiger partial charge in [-0.05, 0) is 42.0 Å². The zero-order chi connectivity index (χ0) is 32.0. The Hall–Kier alpha value is -4.96. The van der Waals surface area contributed by atoms with Gasteiger partial charge in [-0.3, -0.25) is 29.3 Å². The molecule has 1 aromatic heterocycles. The van der Waals surface area contributed by atoms with Gasteiger partial charge in [0.15, 0.2) is 6.61 Å². The van der Waals surface area contributed by atoms with E-state index in [9.17, 15) is 42.5 Å². The molecule has 2 N–H and O–H groups in total. The predicted octanol–water partition coefficient (Wildman–Crippen LogP) is 5.18.